The van der Waals surface area contributed by atoms with Gasteiger partial charge < -0.3 is 10.1 Å². The van der Waals surface area contributed by atoms with Crippen LogP contribution in [0.1, 0.15) is 6.92 Å². The highest BCUT2D eigenvalue weighted by atomic mass is 16.5. The van der Waals surface area contributed by atoms with Gasteiger partial charge in [-0.2, -0.15) is 0 Å². The second-order valence-electron chi connectivity index (χ2n) is 6.03. The summed E-state index contributed by atoms with van der Waals surface area (Å²) < 4.78 is 7.86. The van der Waals surface area contributed by atoms with E-state index in [2.05, 4.69) is 5.32 Å². The number of carbonyl (C=O) groups is 1. The molecule has 0 bridgehead atoms. The molecule has 0 aliphatic heterocycles. The van der Waals surface area contributed by atoms with Crippen LogP contribution in [0.4, 0.5) is 5.82 Å². The lowest BCUT2D eigenvalue weighted by molar-refractivity contribution is -0.122. The van der Waals surface area contributed by atoms with Gasteiger partial charge in [-0.1, -0.05) is 30.3 Å². The first-order valence-electron chi connectivity index (χ1n) is 8.10. The summed E-state index contributed by atoms with van der Waals surface area (Å²) in [7, 11) is 2.86. The van der Waals surface area contributed by atoms with Crippen molar-refractivity contribution in [3.8, 4) is 5.75 Å². The molecule has 1 N–H and O–H groups in total. The Balaban J connectivity index is 1.77. The van der Waals surface area contributed by atoms with E-state index in [0.717, 1.165) is 15.3 Å². The lowest BCUT2D eigenvalue weighted by Crippen LogP contribution is -2.39. The van der Waals surface area contributed by atoms with Crippen LogP contribution >= 0.6 is 0 Å². The van der Waals surface area contributed by atoms with Gasteiger partial charge in [-0.25, -0.2) is 4.79 Å². The van der Waals surface area contributed by atoms with Crippen molar-refractivity contribution >= 4 is 22.5 Å². The highest BCUT2D eigenvalue weighted by molar-refractivity contribution is 5.93. The van der Waals surface area contributed by atoms with E-state index in [1.165, 1.54) is 24.7 Å². The summed E-state index contributed by atoms with van der Waals surface area (Å²) in [4.78, 5) is 36.0. The van der Waals surface area contributed by atoms with E-state index in [4.69, 9.17) is 4.74 Å². The molecule has 0 spiro atoms. The molecule has 0 aliphatic carbocycles. The Labute approximate surface area is 149 Å². The molecule has 7 heteroatoms. The number of hydrogen-bond donors (Lipinski definition) is 1. The molecule has 26 heavy (non-hydrogen) atoms. The van der Waals surface area contributed by atoms with Gasteiger partial charge >= 0.3 is 5.69 Å². The average molecular weight is 353 g/mol. The van der Waals surface area contributed by atoms with Crippen LogP contribution in [0.3, 0.4) is 0 Å². The molecule has 1 heterocycles. The number of aromatic nitrogens is 2. The first kappa shape index (κ1) is 17.5. The predicted octanol–water partition coefficient (Wildman–Crippen LogP) is 1.64. The number of hydrogen-bond acceptors (Lipinski definition) is 4. The normalized spacial score (nSPS) is 12.0. The Morgan fingerprint density at radius 1 is 1.00 bits per heavy atom. The zero-order chi connectivity index (χ0) is 18.8. The minimum absolute atomic E-state index is 0.122. The molecule has 1 atom stereocenters. The zero-order valence-electron chi connectivity index (χ0n) is 14.7. The van der Waals surface area contributed by atoms with Crippen molar-refractivity contribution in [2.24, 2.45) is 14.1 Å². The Bertz CT molecular complexity index is 1100. The lowest BCUT2D eigenvalue weighted by Gasteiger charge is -2.16. The predicted molar refractivity (Wildman–Crippen MR) is 99.6 cm³/mol. The lowest BCUT2D eigenvalue weighted by atomic mass is 10.1. The zero-order valence-corrected chi connectivity index (χ0v) is 14.7. The molecule has 0 radical (unpaired) electrons. The summed E-state index contributed by atoms with van der Waals surface area (Å²) in [5.74, 6) is 0.225. The second-order valence-corrected chi connectivity index (χ2v) is 6.03. The number of fused-ring (bicyclic) bond motifs is 1. The van der Waals surface area contributed by atoms with Crippen molar-refractivity contribution in [3.63, 3.8) is 0 Å². The first-order valence-corrected chi connectivity index (χ1v) is 8.10. The summed E-state index contributed by atoms with van der Waals surface area (Å²) in [5, 5.41) is 4.64. The molecule has 134 valence electrons. The van der Waals surface area contributed by atoms with Gasteiger partial charge in [0.2, 0.25) is 0 Å². The number of amides is 1. The number of benzene rings is 2. The number of anilines is 1. The highest BCUT2D eigenvalue weighted by Gasteiger charge is 2.17. The third kappa shape index (κ3) is 3.37. The summed E-state index contributed by atoms with van der Waals surface area (Å²) in [6.07, 6.45) is -0.810. The van der Waals surface area contributed by atoms with E-state index in [1.807, 2.05) is 36.4 Å². The van der Waals surface area contributed by atoms with Gasteiger partial charge in [0.15, 0.2) is 6.10 Å². The summed E-state index contributed by atoms with van der Waals surface area (Å²) in [5.41, 5.74) is -1.01. The van der Waals surface area contributed by atoms with Crippen LogP contribution < -0.4 is 21.3 Å². The number of rotatable bonds is 4. The first-order chi connectivity index (χ1) is 12.4. The van der Waals surface area contributed by atoms with Crippen LogP contribution in [-0.4, -0.2) is 21.1 Å². The Kier molecular flexibility index (Phi) is 4.62. The maximum absolute atomic E-state index is 12.4. The molecular formula is C19H19N3O4. The van der Waals surface area contributed by atoms with Gasteiger partial charge in [-0.05, 0) is 29.8 Å². The third-order valence-corrected chi connectivity index (χ3v) is 4.18. The number of carbonyl (C=O) groups excluding carboxylic acids is 1. The molecule has 3 rings (SSSR count). The van der Waals surface area contributed by atoms with Crippen LogP contribution in [0.15, 0.2) is 58.1 Å². The number of nitrogens with zero attached hydrogens (tertiary/aromatic N) is 2. The minimum Gasteiger partial charge on any atom is -0.481 e. The Morgan fingerprint density at radius 3 is 2.42 bits per heavy atom. The minimum atomic E-state index is -0.810. The van der Waals surface area contributed by atoms with Crippen LogP contribution in [0.25, 0.3) is 10.8 Å². The van der Waals surface area contributed by atoms with Crippen molar-refractivity contribution in [2.45, 2.75) is 13.0 Å². The molecule has 1 aromatic heterocycles. The molecule has 0 unspecified atom stereocenters. The SMILES string of the molecule is C[C@H](Oc1ccc2ccccc2c1)C(=O)Nc1cc(=O)n(C)c(=O)n1C. The average Bonchev–Trinajstić information content (AvgIpc) is 2.64. The van der Waals surface area contributed by atoms with Crippen molar-refractivity contribution in [3.05, 3.63) is 69.4 Å². The fourth-order valence-electron chi connectivity index (χ4n) is 2.58. The monoisotopic (exact) mass is 353 g/mol. The molecule has 0 fully saturated rings. The topological polar surface area (TPSA) is 82.3 Å². The number of nitrogens with one attached hydrogen (secondary N) is 1. The van der Waals surface area contributed by atoms with Gasteiger partial charge in [0.25, 0.3) is 11.5 Å². The van der Waals surface area contributed by atoms with E-state index in [-0.39, 0.29) is 5.82 Å². The van der Waals surface area contributed by atoms with E-state index in [1.54, 1.807) is 13.0 Å². The molecule has 3 aromatic rings. The molecule has 1 amide bonds. The molecule has 0 saturated heterocycles. The molecule has 7 nitrogen and oxygen atoms in total. The maximum Gasteiger partial charge on any atom is 0.332 e. The number of ether oxygens (including phenoxy) is 1. The Morgan fingerprint density at radius 2 is 1.69 bits per heavy atom. The van der Waals surface area contributed by atoms with E-state index < -0.39 is 23.3 Å². The largest absolute Gasteiger partial charge is 0.481 e. The molecular weight excluding hydrogens is 334 g/mol. The van der Waals surface area contributed by atoms with Gasteiger partial charge in [-0.3, -0.25) is 18.7 Å². The van der Waals surface area contributed by atoms with E-state index in [0.29, 0.717) is 5.75 Å². The van der Waals surface area contributed by atoms with Crippen LogP contribution in [0.2, 0.25) is 0 Å². The van der Waals surface area contributed by atoms with Gasteiger partial charge in [0.05, 0.1) is 0 Å². The molecule has 0 aliphatic rings. The molecule has 2 aromatic carbocycles. The van der Waals surface area contributed by atoms with Crippen LogP contribution in [-0.2, 0) is 18.9 Å². The fourth-order valence-corrected chi connectivity index (χ4v) is 2.58. The smallest absolute Gasteiger partial charge is 0.332 e. The van der Waals surface area contributed by atoms with Crippen LogP contribution in [0.5, 0.6) is 5.75 Å². The maximum atomic E-state index is 12.4. The van der Waals surface area contributed by atoms with Crippen LogP contribution in [0, 0.1) is 0 Å². The van der Waals surface area contributed by atoms with Crippen molar-refractivity contribution in [2.75, 3.05) is 5.32 Å². The van der Waals surface area contributed by atoms with Crippen molar-refractivity contribution in [1.82, 2.24) is 9.13 Å². The molecule has 0 saturated carbocycles. The van der Waals surface area contributed by atoms with Gasteiger partial charge in [0.1, 0.15) is 11.6 Å². The fraction of sp³-hybridized carbons (Fsp3) is 0.211. The standard InChI is InChI=1S/C19H19N3O4/c1-12(26-15-9-8-13-6-4-5-7-14(13)10-15)18(24)20-16-11-17(23)22(3)19(25)21(16)2/h4-12H,1-3H3,(H,20,24)/t12-/m0/s1. The van der Waals surface area contributed by atoms with Crippen molar-refractivity contribution < 1.29 is 9.53 Å². The van der Waals surface area contributed by atoms with E-state index in [9.17, 15) is 14.4 Å². The summed E-state index contributed by atoms with van der Waals surface area (Å²) >= 11 is 0. The van der Waals surface area contributed by atoms with Crippen molar-refractivity contribution in [1.29, 1.82) is 0 Å². The summed E-state index contributed by atoms with van der Waals surface area (Å²) in [6.45, 7) is 1.60. The Hall–Kier alpha value is -3.35. The highest BCUT2D eigenvalue weighted by Crippen LogP contribution is 2.21. The quantitative estimate of drug-likeness (QED) is 0.773. The van der Waals surface area contributed by atoms with E-state index >= 15 is 0 Å². The summed E-state index contributed by atoms with van der Waals surface area (Å²) in [6, 6.07) is 14.6. The van der Waals surface area contributed by atoms with Gasteiger partial charge in [-0.15, -0.1) is 0 Å². The third-order valence-electron chi connectivity index (χ3n) is 4.18. The second kappa shape index (κ2) is 6.87. The van der Waals surface area contributed by atoms with Gasteiger partial charge in [0, 0.05) is 20.2 Å².